The van der Waals surface area contributed by atoms with E-state index in [1.54, 1.807) is 12.1 Å². The molecule has 0 aliphatic rings. The monoisotopic (exact) mass is 342 g/mol. The topological polar surface area (TPSA) is 47.3 Å². The number of phenols is 1. The first kappa shape index (κ1) is 16.2. The quantitative estimate of drug-likeness (QED) is 0.597. The van der Waals surface area contributed by atoms with Gasteiger partial charge in [0.1, 0.15) is 17.1 Å². The van der Waals surface area contributed by atoms with Crippen LogP contribution in [0.25, 0.3) is 22.3 Å². The molecule has 3 aromatic carbocycles. The van der Waals surface area contributed by atoms with Crippen LogP contribution in [0.3, 0.4) is 0 Å². The lowest BCUT2D eigenvalue weighted by molar-refractivity contribution is -0.401. The van der Waals surface area contributed by atoms with Crippen LogP contribution < -0.4 is 10.3 Å². The minimum absolute atomic E-state index is 0.234. The van der Waals surface area contributed by atoms with Crippen LogP contribution in [0.4, 0.5) is 5.69 Å². The summed E-state index contributed by atoms with van der Waals surface area (Å²) in [7, 11) is 0. The van der Waals surface area contributed by atoms with Crippen molar-refractivity contribution in [2.75, 3.05) is 0 Å². The molecule has 0 bridgehead atoms. The number of nitrogens with one attached hydrogen (secondary N) is 1. The van der Waals surface area contributed by atoms with E-state index in [1.807, 2.05) is 54.6 Å². The first-order valence-corrected chi connectivity index (χ1v) is 8.74. The summed E-state index contributed by atoms with van der Waals surface area (Å²) >= 11 is 0. The summed E-state index contributed by atoms with van der Waals surface area (Å²) in [4.78, 5) is 3.43. The maximum atomic E-state index is 9.76. The van der Waals surface area contributed by atoms with Crippen molar-refractivity contribution in [2.24, 2.45) is 0 Å². The SMILES string of the molecule is CCc1ccc2oc(-c3ccccc3)cc(=[NH+]c3cccc(O)c3)c2c1. The molecular weight excluding hydrogens is 322 g/mol. The Kier molecular flexibility index (Phi) is 4.28. The summed E-state index contributed by atoms with van der Waals surface area (Å²) in [5.74, 6) is 1.03. The van der Waals surface area contributed by atoms with Gasteiger partial charge in [0.05, 0.1) is 17.5 Å². The molecule has 0 unspecified atom stereocenters. The fraction of sp³-hybridized carbons (Fsp3) is 0.0870. The predicted molar refractivity (Wildman–Crippen MR) is 103 cm³/mol. The minimum Gasteiger partial charge on any atom is -0.508 e. The van der Waals surface area contributed by atoms with Crippen LogP contribution in [-0.2, 0) is 6.42 Å². The second kappa shape index (κ2) is 6.89. The molecule has 26 heavy (non-hydrogen) atoms. The van der Waals surface area contributed by atoms with Crippen molar-refractivity contribution < 1.29 is 14.5 Å². The van der Waals surface area contributed by atoms with Gasteiger partial charge < -0.3 is 9.52 Å². The van der Waals surface area contributed by atoms with Crippen LogP contribution in [0.5, 0.6) is 5.75 Å². The molecule has 0 fully saturated rings. The van der Waals surface area contributed by atoms with Gasteiger partial charge >= 0.3 is 0 Å². The van der Waals surface area contributed by atoms with Gasteiger partial charge in [0.15, 0.2) is 0 Å². The Labute approximate surface area is 151 Å². The number of hydrogen-bond donors (Lipinski definition) is 2. The lowest BCUT2D eigenvalue weighted by atomic mass is 10.1. The average Bonchev–Trinajstić information content (AvgIpc) is 2.68. The van der Waals surface area contributed by atoms with Crippen LogP contribution in [0.1, 0.15) is 12.5 Å². The number of rotatable bonds is 3. The van der Waals surface area contributed by atoms with Crippen molar-refractivity contribution in [3.63, 3.8) is 0 Å². The second-order valence-corrected chi connectivity index (χ2v) is 6.25. The summed E-state index contributed by atoms with van der Waals surface area (Å²) in [5.41, 5.74) is 3.93. The van der Waals surface area contributed by atoms with Gasteiger partial charge in [0.2, 0.25) is 11.0 Å². The molecule has 2 N–H and O–H groups in total. The molecule has 0 amide bonds. The molecule has 3 nitrogen and oxygen atoms in total. The second-order valence-electron chi connectivity index (χ2n) is 6.25. The molecule has 0 saturated heterocycles. The Morgan fingerprint density at radius 1 is 0.885 bits per heavy atom. The van der Waals surface area contributed by atoms with Crippen LogP contribution >= 0.6 is 0 Å². The maximum absolute atomic E-state index is 9.76. The molecule has 0 atom stereocenters. The number of benzene rings is 3. The Morgan fingerprint density at radius 2 is 1.73 bits per heavy atom. The highest BCUT2D eigenvalue weighted by Gasteiger charge is 2.10. The minimum atomic E-state index is 0.234. The van der Waals surface area contributed by atoms with E-state index >= 15 is 0 Å². The zero-order valence-corrected chi connectivity index (χ0v) is 14.6. The smallest absolute Gasteiger partial charge is 0.218 e. The van der Waals surface area contributed by atoms with Gasteiger partial charge in [-0.25, -0.2) is 4.99 Å². The predicted octanol–water partition coefficient (Wildman–Crippen LogP) is 3.68. The van der Waals surface area contributed by atoms with Gasteiger partial charge in [-0.2, -0.15) is 0 Å². The highest BCUT2D eigenvalue weighted by molar-refractivity contribution is 5.78. The first-order valence-electron chi connectivity index (χ1n) is 8.74. The van der Waals surface area contributed by atoms with E-state index in [1.165, 1.54) is 5.56 Å². The number of aromatic hydroxyl groups is 1. The molecule has 1 heterocycles. The largest absolute Gasteiger partial charge is 0.508 e. The van der Waals surface area contributed by atoms with E-state index in [9.17, 15) is 5.11 Å². The number of aryl methyl sites for hydroxylation is 1. The fourth-order valence-electron chi connectivity index (χ4n) is 3.04. The van der Waals surface area contributed by atoms with E-state index in [0.29, 0.717) is 0 Å². The van der Waals surface area contributed by atoms with E-state index in [4.69, 9.17) is 4.42 Å². The van der Waals surface area contributed by atoms with Gasteiger partial charge in [-0.05, 0) is 30.2 Å². The Morgan fingerprint density at radius 3 is 2.50 bits per heavy atom. The van der Waals surface area contributed by atoms with E-state index in [2.05, 4.69) is 24.0 Å². The zero-order valence-electron chi connectivity index (χ0n) is 14.6. The maximum Gasteiger partial charge on any atom is 0.218 e. The van der Waals surface area contributed by atoms with Crippen molar-refractivity contribution in [2.45, 2.75) is 13.3 Å². The molecule has 0 spiro atoms. The molecule has 4 rings (SSSR count). The molecule has 3 heteroatoms. The highest BCUT2D eigenvalue weighted by atomic mass is 16.3. The Bertz CT molecular complexity index is 1130. The van der Waals surface area contributed by atoms with Crippen molar-refractivity contribution in [1.82, 2.24) is 0 Å². The number of hydrogen-bond acceptors (Lipinski definition) is 2. The van der Waals surface area contributed by atoms with Gasteiger partial charge in [-0.1, -0.05) is 49.4 Å². The molecular formula is C23H20NO2+. The molecule has 1 aromatic heterocycles. The lowest BCUT2D eigenvalue weighted by Gasteiger charge is -2.04. The molecule has 0 saturated carbocycles. The third kappa shape index (κ3) is 3.24. The van der Waals surface area contributed by atoms with Crippen molar-refractivity contribution in [3.05, 3.63) is 89.8 Å². The van der Waals surface area contributed by atoms with E-state index in [-0.39, 0.29) is 5.75 Å². The fourth-order valence-corrected chi connectivity index (χ4v) is 3.04. The Hall–Kier alpha value is -3.33. The Balaban J connectivity index is 2.01. The molecule has 0 aliphatic heterocycles. The summed E-state index contributed by atoms with van der Waals surface area (Å²) in [6.45, 7) is 2.14. The summed E-state index contributed by atoms with van der Waals surface area (Å²) in [6, 6.07) is 25.5. The van der Waals surface area contributed by atoms with Crippen molar-refractivity contribution >= 4 is 16.7 Å². The highest BCUT2D eigenvalue weighted by Crippen LogP contribution is 2.22. The van der Waals surface area contributed by atoms with Gasteiger partial charge in [-0.15, -0.1) is 0 Å². The standard InChI is InChI=1S/C23H19NO2/c1-2-16-11-12-22-20(13-16)21(24-18-9-6-10-19(25)14-18)15-23(26-22)17-7-4-3-5-8-17/h3-15,25H,2H2,1H3/p+1. The van der Waals surface area contributed by atoms with Crippen LogP contribution in [0.2, 0.25) is 0 Å². The first-order chi connectivity index (χ1) is 12.7. The van der Waals surface area contributed by atoms with Crippen LogP contribution in [-0.4, -0.2) is 5.11 Å². The molecule has 0 aliphatic carbocycles. The van der Waals surface area contributed by atoms with Crippen LogP contribution in [0, 0.1) is 0 Å². The molecule has 4 aromatic rings. The van der Waals surface area contributed by atoms with Gasteiger partial charge in [0, 0.05) is 11.6 Å². The summed E-state index contributed by atoms with van der Waals surface area (Å²) in [5, 5.41) is 11.7. The normalized spacial score (nSPS) is 11.8. The number of phenolic OH excluding ortho intramolecular Hbond substituents is 1. The molecule has 128 valence electrons. The van der Waals surface area contributed by atoms with Crippen molar-refractivity contribution in [1.29, 1.82) is 0 Å². The summed E-state index contributed by atoms with van der Waals surface area (Å²) < 4.78 is 6.16. The average molecular weight is 342 g/mol. The van der Waals surface area contributed by atoms with E-state index in [0.717, 1.165) is 39.8 Å². The van der Waals surface area contributed by atoms with Crippen LogP contribution in [0.15, 0.2) is 83.3 Å². The number of fused-ring (bicyclic) bond motifs is 1. The van der Waals surface area contributed by atoms with Gasteiger partial charge in [0.25, 0.3) is 0 Å². The lowest BCUT2D eigenvalue weighted by Crippen LogP contribution is -2.70. The summed E-state index contributed by atoms with van der Waals surface area (Å²) in [6.07, 6.45) is 0.960. The molecule has 0 radical (unpaired) electrons. The third-order valence-corrected chi connectivity index (χ3v) is 4.42. The van der Waals surface area contributed by atoms with Gasteiger partial charge in [-0.3, -0.25) is 0 Å². The van der Waals surface area contributed by atoms with Crippen molar-refractivity contribution in [3.8, 4) is 17.1 Å². The third-order valence-electron chi connectivity index (χ3n) is 4.42. The van der Waals surface area contributed by atoms with E-state index < -0.39 is 0 Å². The zero-order chi connectivity index (χ0) is 17.9.